The number of hydrogen-bond acceptors (Lipinski definition) is 6. The van der Waals surface area contributed by atoms with E-state index in [1.165, 1.54) is 193 Å². The predicted octanol–water partition coefficient (Wildman–Crippen LogP) is 22.2. The van der Waals surface area contributed by atoms with E-state index in [9.17, 15) is 19.4 Å². The van der Waals surface area contributed by atoms with Gasteiger partial charge in [-0.05, 0) is 96.3 Å². The van der Waals surface area contributed by atoms with Crippen molar-refractivity contribution in [2.24, 2.45) is 0 Å². The smallest absolute Gasteiger partial charge is 0.268 e. The molecule has 0 heterocycles. The molecule has 1 amide bonds. The normalized spacial score (nSPS) is 14.4. The third-order valence-corrected chi connectivity index (χ3v) is 16.4. The summed E-state index contributed by atoms with van der Waals surface area (Å²) in [5.41, 5.74) is 0. The third kappa shape index (κ3) is 68.3. The van der Waals surface area contributed by atoms with Crippen LogP contribution in [0.5, 0.6) is 0 Å². The molecule has 8 nitrogen and oxygen atoms in total. The van der Waals surface area contributed by atoms with Crippen LogP contribution in [0.25, 0.3) is 0 Å². The van der Waals surface area contributed by atoms with Crippen molar-refractivity contribution in [1.82, 2.24) is 5.32 Å². The molecule has 0 fully saturated rings. The van der Waals surface area contributed by atoms with Crippen molar-refractivity contribution in [3.05, 3.63) is 122 Å². The first-order valence-corrected chi connectivity index (χ1v) is 36.9. The van der Waals surface area contributed by atoms with E-state index in [0.717, 1.165) is 89.9 Å². The molecule has 0 aromatic heterocycles. The summed E-state index contributed by atoms with van der Waals surface area (Å²) < 4.78 is 23.4. The number of amides is 1. The number of nitrogens with one attached hydrogen (secondary N) is 1. The fourth-order valence-corrected chi connectivity index (χ4v) is 10.7. The summed E-state index contributed by atoms with van der Waals surface area (Å²) in [6.07, 6.45) is 97.5. The molecular weight excluding hydrogens is 1070 g/mol. The Hall–Kier alpha value is -3.10. The van der Waals surface area contributed by atoms with Gasteiger partial charge in [-0.15, -0.1) is 0 Å². The van der Waals surface area contributed by atoms with E-state index < -0.39 is 26.6 Å². The highest BCUT2D eigenvalue weighted by Gasteiger charge is 2.23. The van der Waals surface area contributed by atoms with E-state index in [-0.39, 0.29) is 12.5 Å². The van der Waals surface area contributed by atoms with Gasteiger partial charge in [-0.3, -0.25) is 9.36 Å². The third-order valence-electron chi connectivity index (χ3n) is 15.4. The predicted molar refractivity (Wildman–Crippen MR) is 371 cm³/mol. The molecular formula is C76H135N2O6P. The maximum Gasteiger partial charge on any atom is 0.268 e. The van der Waals surface area contributed by atoms with E-state index in [0.29, 0.717) is 17.4 Å². The van der Waals surface area contributed by atoms with Gasteiger partial charge in [-0.25, -0.2) is 0 Å². The molecule has 0 saturated heterocycles. The van der Waals surface area contributed by atoms with Gasteiger partial charge in [0.1, 0.15) is 13.2 Å². The van der Waals surface area contributed by atoms with E-state index in [4.69, 9.17) is 9.05 Å². The van der Waals surface area contributed by atoms with Crippen molar-refractivity contribution in [2.75, 3.05) is 40.9 Å². The van der Waals surface area contributed by atoms with E-state index in [1.54, 1.807) is 6.08 Å². The van der Waals surface area contributed by atoms with Gasteiger partial charge in [0.15, 0.2) is 0 Å². The second-order valence-electron chi connectivity index (χ2n) is 24.8. The molecule has 0 aromatic carbocycles. The summed E-state index contributed by atoms with van der Waals surface area (Å²) >= 11 is 0. The van der Waals surface area contributed by atoms with Gasteiger partial charge >= 0.3 is 0 Å². The fourth-order valence-electron chi connectivity index (χ4n) is 9.95. The number of aliphatic hydroxyl groups excluding tert-OH is 1. The Kier molecular flexibility index (Phi) is 63.0. The minimum Gasteiger partial charge on any atom is -0.756 e. The van der Waals surface area contributed by atoms with Crippen LogP contribution in [0.2, 0.25) is 0 Å². The molecule has 490 valence electrons. The SMILES string of the molecule is CC/C=C\C/C=C\C/C=C\C/C=C\C/C=C\C/C=C\C/C=C\C/C=C\CCCCCCCCCCCCCCCCC(=O)NC(COP(=O)([O-])OCC[N+](C)(C)C)C(O)/C=C/CC/C=C/CCCCCCCCCCCCCCCCCCCC. The second-order valence-corrected chi connectivity index (χ2v) is 26.3. The molecule has 3 unspecified atom stereocenters. The van der Waals surface area contributed by atoms with E-state index in [2.05, 4.69) is 129 Å². The number of allylic oxidation sites excluding steroid dienone is 19. The molecule has 0 aliphatic rings. The van der Waals surface area contributed by atoms with Crippen LogP contribution in [0, 0.1) is 0 Å². The monoisotopic (exact) mass is 1200 g/mol. The van der Waals surface area contributed by atoms with Crippen LogP contribution in [0.15, 0.2) is 122 Å². The summed E-state index contributed by atoms with van der Waals surface area (Å²) in [6, 6.07) is -0.912. The van der Waals surface area contributed by atoms with Crippen LogP contribution >= 0.6 is 7.82 Å². The Morgan fingerprint density at radius 1 is 0.424 bits per heavy atom. The first-order chi connectivity index (χ1) is 41.5. The lowest BCUT2D eigenvalue weighted by Crippen LogP contribution is -2.45. The highest BCUT2D eigenvalue weighted by atomic mass is 31.2. The highest BCUT2D eigenvalue weighted by molar-refractivity contribution is 7.45. The zero-order valence-corrected chi connectivity index (χ0v) is 56.9. The van der Waals surface area contributed by atoms with Gasteiger partial charge in [0.25, 0.3) is 7.82 Å². The molecule has 0 saturated carbocycles. The Labute approximate surface area is 526 Å². The zero-order chi connectivity index (χ0) is 61.9. The second kappa shape index (κ2) is 65.3. The van der Waals surface area contributed by atoms with Crippen molar-refractivity contribution in [3.8, 4) is 0 Å². The summed E-state index contributed by atoms with van der Waals surface area (Å²) in [5, 5.41) is 13.9. The number of likely N-dealkylation sites (N-methyl/N-ethyl adjacent to an activating group) is 1. The number of nitrogens with zero attached hydrogens (tertiary/aromatic N) is 1. The molecule has 9 heteroatoms. The van der Waals surface area contributed by atoms with Crippen molar-refractivity contribution >= 4 is 13.7 Å². The largest absolute Gasteiger partial charge is 0.756 e. The number of phosphoric ester groups is 1. The summed E-state index contributed by atoms with van der Waals surface area (Å²) in [4.78, 5) is 25.6. The lowest BCUT2D eigenvalue weighted by Gasteiger charge is -2.29. The van der Waals surface area contributed by atoms with E-state index in [1.807, 2.05) is 27.2 Å². The minimum atomic E-state index is -4.62. The number of carbonyl (C=O) groups is 1. The standard InChI is InChI=1S/C76H135N2O6P/c1-6-8-10-12-14-16-18-20-22-24-26-28-30-32-33-34-35-36-37-38-39-40-41-42-43-44-45-46-48-50-52-54-56-58-60-62-64-66-68-70-76(80)77-74(73-84-85(81,82)83-72-71-78(3,4)5)75(79)69-67-65-63-61-59-57-55-53-51-49-47-31-29-27-25-23-21-19-17-15-13-11-9-7-2/h8,10,14,16,20,22,26,28,32-33,35-36,38-39,41-42,59,61,67,69,74-75,79H,6-7,9,11-13,15,17-19,21,23-25,27,29-31,34,37,40,43-58,60,62-66,68,70-73H2,1-5H3,(H-,77,80,81,82)/b10-8-,16-14-,22-20-,28-26-,33-32-,36-35-,39-38-,42-41-,61-59+,69-67+. The number of unbranched alkanes of at least 4 members (excludes halogenated alkanes) is 33. The van der Waals surface area contributed by atoms with Crippen LogP contribution < -0.4 is 10.2 Å². The van der Waals surface area contributed by atoms with Gasteiger partial charge in [0, 0.05) is 6.42 Å². The van der Waals surface area contributed by atoms with Gasteiger partial charge < -0.3 is 28.8 Å². The molecule has 85 heavy (non-hydrogen) atoms. The Morgan fingerprint density at radius 2 is 0.729 bits per heavy atom. The molecule has 2 N–H and O–H groups in total. The Bertz CT molecular complexity index is 1800. The summed E-state index contributed by atoms with van der Waals surface area (Å²) in [5.74, 6) is -0.209. The first-order valence-electron chi connectivity index (χ1n) is 35.4. The number of hydrogen-bond donors (Lipinski definition) is 2. The molecule has 0 rings (SSSR count). The number of rotatable bonds is 64. The average Bonchev–Trinajstić information content (AvgIpc) is 3.49. The topological polar surface area (TPSA) is 108 Å². The van der Waals surface area contributed by atoms with Crippen LogP contribution in [0.3, 0.4) is 0 Å². The lowest BCUT2D eigenvalue weighted by atomic mass is 10.0. The van der Waals surface area contributed by atoms with Crippen molar-refractivity contribution in [3.63, 3.8) is 0 Å². The van der Waals surface area contributed by atoms with Crippen molar-refractivity contribution < 1.29 is 32.9 Å². The summed E-state index contributed by atoms with van der Waals surface area (Å²) in [7, 11) is 1.24. The van der Waals surface area contributed by atoms with Crippen LogP contribution in [0.4, 0.5) is 0 Å². The maximum absolute atomic E-state index is 13.0. The number of carbonyl (C=O) groups excluding carboxylic acids is 1. The Balaban J connectivity index is 4.10. The molecule has 0 aliphatic heterocycles. The number of phosphoric acid groups is 1. The first kappa shape index (κ1) is 81.9. The molecule has 3 atom stereocenters. The lowest BCUT2D eigenvalue weighted by molar-refractivity contribution is -0.870. The van der Waals surface area contributed by atoms with Crippen molar-refractivity contribution in [2.45, 2.75) is 315 Å². The van der Waals surface area contributed by atoms with Gasteiger partial charge in [0.05, 0.1) is 39.9 Å². The summed E-state index contributed by atoms with van der Waals surface area (Å²) in [6.45, 7) is 4.54. The molecule has 0 aliphatic carbocycles. The van der Waals surface area contributed by atoms with Crippen LogP contribution in [-0.2, 0) is 18.4 Å². The zero-order valence-electron chi connectivity index (χ0n) is 56.0. The maximum atomic E-state index is 13.0. The molecule has 0 aromatic rings. The van der Waals surface area contributed by atoms with Crippen LogP contribution in [-0.4, -0.2) is 68.5 Å². The minimum absolute atomic E-state index is 0.0103. The van der Waals surface area contributed by atoms with Crippen LogP contribution in [0.1, 0.15) is 303 Å². The quantitative estimate of drug-likeness (QED) is 0.0272. The van der Waals surface area contributed by atoms with Gasteiger partial charge in [0.2, 0.25) is 5.91 Å². The van der Waals surface area contributed by atoms with E-state index >= 15 is 0 Å². The van der Waals surface area contributed by atoms with Gasteiger partial charge in [-0.2, -0.15) is 0 Å². The highest BCUT2D eigenvalue weighted by Crippen LogP contribution is 2.38. The Morgan fingerprint density at radius 3 is 1.09 bits per heavy atom. The number of quaternary nitrogens is 1. The fraction of sp³-hybridized carbons (Fsp3) is 0.724. The number of aliphatic hydroxyl groups is 1. The molecule has 0 spiro atoms. The van der Waals surface area contributed by atoms with Gasteiger partial charge in [-0.1, -0.05) is 322 Å². The van der Waals surface area contributed by atoms with Crippen molar-refractivity contribution in [1.29, 1.82) is 0 Å². The average molecular weight is 1200 g/mol. The molecule has 0 bridgehead atoms. The molecule has 0 radical (unpaired) electrons.